The summed E-state index contributed by atoms with van der Waals surface area (Å²) in [7, 11) is 5.72. The summed E-state index contributed by atoms with van der Waals surface area (Å²) in [5.74, 6) is -2.73. The minimum atomic E-state index is -2.11. The minimum absolute atomic E-state index is 0.0395. The van der Waals surface area contributed by atoms with Crippen LogP contribution < -0.4 is 10.2 Å². The number of phenolic OH excluding ortho intramolecular Hbond substituents is 2. The van der Waals surface area contributed by atoms with Crippen LogP contribution in [0.4, 0.5) is 0 Å². The van der Waals surface area contributed by atoms with E-state index in [1.165, 1.54) is 46.9 Å². The van der Waals surface area contributed by atoms with Crippen molar-refractivity contribution in [1.82, 2.24) is 15.3 Å². The van der Waals surface area contributed by atoms with Gasteiger partial charge in [0.1, 0.15) is 34.0 Å². The number of pyridine rings is 1. The van der Waals surface area contributed by atoms with Crippen LogP contribution in [0.3, 0.4) is 0 Å². The predicted molar refractivity (Wildman–Crippen MR) is 211 cm³/mol. The Hall–Kier alpha value is -4.15. The summed E-state index contributed by atoms with van der Waals surface area (Å²) >= 11 is 0. The predicted octanol–water partition coefficient (Wildman–Crippen LogP) is 2.84. The van der Waals surface area contributed by atoms with Crippen molar-refractivity contribution < 1.29 is 63.2 Å². The maximum absolute atomic E-state index is 14.2. The molecule has 3 fully saturated rings. The fraction of sp³-hybridized carbons (Fsp3) is 0.475. The van der Waals surface area contributed by atoms with Gasteiger partial charge in [-0.05, 0) is 35.9 Å². The topological polar surface area (TPSA) is 228 Å². The minimum Gasteiger partial charge on any atom is -0.507 e. The lowest BCUT2D eigenvalue weighted by atomic mass is 9.71. The van der Waals surface area contributed by atoms with Crippen molar-refractivity contribution in [3.63, 3.8) is 0 Å². The summed E-state index contributed by atoms with van der Waals surface area (Å²) in [6, 6.07) is 9.79. The molecule has 17 nitrogen and oxygen atoms in total. The zero-order chi connectivity index (χ0) is 41.6. The third kappa shape index (κ3) is 7.62. The van der Waals surface area contributed by atoms with Crippen molar-refractivity contribution in [1.29, 1.82) is 0 Å². The molecule has 8 atom stereocenters. The Morgan fingerprint density at radius 2 is 1.90 bits per heavy atom. The van der Waals surface area contributed by atoms with Gasteiger partial charge in [0.25, 0.3) is 0 Å². The lowest BCUT2D eigenvalue weighted by molar-refractivity contribution is -0.255. The normalized spacial score (nSPS) is 28.9. The highest BCUT2D eigenvalue weighted by atomic mass is 33.1. The molecule has 2 aliphatic carbocycles. The van der Waals surface area contributed by atoms with Gasteiger partial charge in [-0.1, -0.05) is 29.0 Å². The van der Waals surface area contributed by atoms with Gasteiger partial charge >= 0.3 is 0 Å². The molecule has 8 rings (SSSR count). The van der Waals surface area contributed by atoms with E-state index in [4.69, 9.17) is 28.4 Å². The second-order valence-electron chi connectivity index (χ2n) is 14.8. The summed E-state index contributed by atoms with van der Waals surface area (Å²) in [4.78, 5) is 47.5. The number of carbonyl (C=O) groups excluding carboxylic acids is 3. The average Bonchev–Trinajstić information content (AvgIpc) is 3.62. The Labute approximate surface area is 346 Å². The van der Waals surface area contributed by atoms with E-state index in [2.05, 4.69) is 20.4 Å². The number of aromatic nitrogens is 1. The number of morpholine rings is 1. The lowest BCUT2D eigenvalue weighted by Gasteiger charge is -2.44. The van der Waals surface area contributed by atoms with Gasteiger partial charge in [-0.25, -0.2) is 10.4 Å². The van der Waals surface area contributed by atoms with Crippen molar-refractivity contribution in [2.45, 2.75) is 86.4 Å². The first-order valence-corrected chi connectivity index (χ1v) is 21.4. The van der Waals surface area contributed by atoms with Crippen LogP contribution in [0.15, 0.2) is 52.7 Å². The number of aliphatic hydroxyl groups is 2. The zero-order valence-corrected chi connectivity index (χ0v) is 34.0. The Morgan fingerprint density at radius 1 is 1.08 bits per heavy atom. The fourth-order valence-corrected chi connectivity index (χ4v) is 10.5. The van der Waals surface area contributed by atoms with Crippen LogP contribution in [0, 0.1) is 0 Å². The van der Waals surface area contributed by atoms with E-state index < -0.39 is 89.7 Å². The molecule has 314 valence electrons. The zero-order valence-electron chi connectivity index (χ0n) is 32.4. The molecule has 0 unspecified atom stereocenters. The number of methoxy groups -OCH3 is 2. The molecule has 19 heteroatoms. The third-order valence-corrected chi connectivity index (χ3v) is 13.6. The quantitative estimate of drug-likeness (QED) is 0.0454. The summed E-state index contributed by atoms with van der Waals surface area (Å²) in [6.07, 6.45) is -3.08. The van der Waals surface area contributed by atoms with Gasteiger partial charge in [0, 0.05) is 74.0 Å². The van der Waals surface area contributed by atoms with Crippen LogP contribution in [0.2, 0.25) is 0 Å². The van der Waals surface area contributed by atoms with Crippen LogP contribution in [0.5, 0.6) is 17.2 Å². The number of carbonyl (C=O) groups is 3. The lowest BCUT2D eigenvalue weighted by Crippen LogP contribution is -2.55. The van der Waals surface area contributed by atoms with E-state index in [1.54, 1.807) is 13.3 Å². The molecule has 0 radical (unpaired) electrons. The largest absolute Gasteiger partial charge is 0.507 e. The number of amides is 1. The van der Waals surface area contributed by atoms with Crippen molar-refractivity contribution in [3.05, 3.63) is 76.0 Å². The number of nitrogens with one attached hydrogen (secondary N) is 1. The highest BCUT2D eigenvalue weighted by Crippen LogP contribution is 2.53. The molecule has 1 aromatic heterocycles. The number of fused-ring (bicyclic) bond motifs is 6. The van der Waals surface area contributed by atoms with E-state index in [0.717, 1.165) is 5.03 Å². The molecule has 5 aliphatic rings. The van der Waals surface area contributed by atoms with Crippen molar-refractivity contribution in [2.75, 3.05) is 39.7 Å². The highest BCUT2D eigenvalue weighted by Gasteiger charge is 2.55. The number of aliphatic hydroxyl groups excluding tert-OH is 1. The van der Waals surface area contributed by atoms with E-state index in [9.17, 15) is 34.8 Å². The number of benzene rings is 2. The summed E-state index contributed by atoms with van der Waals surface area (Å²) in [5, 5.41) is 52.0. The first kappa shape index (κ1) is 41.6. The van der Waals surface area contributed by atoms with Gasteiger partial charge in [0.2, 0.25) is 11.7 Å². The number of ketones is 2. The second kappa shape index (κ2) is 17.1. The number of hydrogen-bond donors (Lipinski definition) is 5. The van der Waals surface area contributed by atoms with Crippen LogP contribution in [-0.4, -0.2) is 136 Å². The molecule has 0 spiro atoms. The van der Waals surface area contributed by atoms with E-state index in [1.807, 2.05) is 25.1 Å². The maximum Gasteiger partial charge on any atom is 0.240 e. The van der Waals surface area contributed by atoms with Crippen molar-refractivity contribution in [3.8, 4) is 17.2 Å². The number of ether oxygens (including phenoxy) is 6. The smallest absolute Gasteiger partial charge is 0.240 e. The molecule has 3 saturated heterocycles. The van der Waals surface area contributed by atoms with E-state index >= 15 is 0 Å². The van der Waals surface area contributed by atoms with Gasteiger partial charge < -0.3 is 48.8 Å². The first-order valence-electron chi connectivity index (χ1n) is 19.1. The van der Waals surface area contributed by atoms with Gasteiger partial charge in [-0.15, -0.1) is 0 Å². The van der Waals surface area contributed by atoms with Crippen LogP contribution >= 0.6 is 21.6 Å². The van der Waals surface area contributed by atoms with Gasteiger partial charge in [-0.2, -0.15) is 5.10 Å². The van der Waals surface area contributed by atoms with Crippen molar-refractivity contribution in [2.24, 2.45) is 5.10 Å². The Morgan fingerprint density at radius 3 is 2.64 bits per heavy atom. The molecule has 5 N–H and O–H groups in total. The molecular formula is C40H44N4O13S2. The molecular weight excluding hydrogens is 809 g/mol. The second-order valence-corrected chi connectivity index (χ2v) is 17.2. The fourth-order valence-electron chi connectivity index (χ4n) is 8.65. The summed E-state index contributed by atoms with van der Waals surface area (Å²) in [5.41, 5.74) is -1.11. The molecule has 3 aromatic rings. The molecule has 4 heterocycles. The summed E-state index contributed by atoms with van der Waals surface area (Å²) in [6.45, 7) is 1.99. The maximum atomic E-state index is 14.2. The molecule has 1 amide bonds. The van der Waals surface area contributed by atoms with Gasteiger partial charge in [-0.3, -0.25) is 19.3 Å². The van der Waals surface area contributed by atoms with Crippen LogP contribution in [0.1, 0.15) is 75.3 Å². The molecule has 59 heavy (non-hydrogen) atoms. The first-order chi connectivity index (χ1) is 28.5. The number of rotatable bonds is 12. The summed E-state index contributed by atoms with van der Waals surface area (Å²) < 4.78 is 36.0. The Bertz CT molecular complexity index is 2160. The average molecular weight is 853 g/mol. The molecule has 3 aliphatic heterocycles. The Kier molecular flexibility index (Phi) is 12.0. The van der Waals surface area contributed by atoms with E-state index in [0.29, 0.717) is 18.9 Å². The number of aromatic hydroxyl groups is 2. The number of hydrogen-bond acceptors (Lipinski definition) is 18. The van der Waals surface area contributed by atoms with Crippen molar-refractivity contribution >= 4 is 44.8 Å². The number of hydrazone groups is 1. The Balaban J connectivity index is 1.12. The van der Waals surface area contributed by atoms with Gasteiger partial charge in [0.15, 0.2) is 24.6 Å². The van der Waals surface area contributed by atoms with E-state index in [-0.39, 0.29) is 65.1 Å². The molecule has 2 aromatic carbocycles. The number of phenols is 2. The molecule has 0 bridgehead atoms. The van der Waals surface area contributed by atoms with Crippen LogP contribution in [-0.2, 0) is 34.9 Å². The monoisotopic (exact) mass is 852 g/mol. The standard InChI is InChI=1S/C40H44N4O13S2/c1-19-37-22(44-12-13-54-39(53-3)38(44)57-37)15-28(55-19)56-24-17-40(51,25(18-45)42-43-26(46)10-14-58-59-27-9-4-5-11-41-27)16-21-30(24)36(50)32-31(34(21)48)33(47)20-7-6-8-23(52-2)29(20)35(32)49/h4-9,11,19,22,24,28,37-39,45,48,50-51H,10,12-18H2,1-3H3,(H,43,46)/b42-25+/t19-,22-,24-,28-,37+,38+,39-,40-/m0/s1. The van der Waals surface area contributed by atoms with Crippen LogP contribution in [0.25, 0.3) is 0 Å². The highest BCUT2D eigenvalue weighted by molar-refractivity contribution is 8.76. The molecule has 0 saturated carbocycles. The SMILES string of the molecule is COc1cccc2c1C(=O)c1c(O)c3c(c(O)c1C2=O)C[C@@](O)(/C(CO)=N/NC(=O)CCSSc1ccccn1)C[C@@H]3O[C@H]1C[C@H]2[C@H](O[C@@H]3[C@@H](OC)OCCN32)[C@H](C)O1. The number of nitrogens with zero attached hydrogens (tertiary/aromatic N) is 3. The van der Waals surface area contributed by atoms with Gasteiger partial charge in [0.05, 0.1) is 54.9 Å². The third-order valence-electron chi connectivity index (χ3n) is 11.4.